The van der Waals surface area contributed by atoms with E-state index in [1.165, 1.54) is 12.1 Å². The molecule has 32 heavy (non-hydrogen) atoms. The summed E-state index contributed by atoms with van der Waals surface area (Å²) in [7, 11) is 1.58. The Morgan fingerprint density at radius 2 is 1.31 bits per heavy atom. The molecule has 170 valence electrons. The number of hydrogen-bond donors (Lipinski definition) is 0. The summed E-state index contributed by atoms with van der Waals surface area (Å²) in [5.74, 6) is -0.0259. The molecule has 0 saturated heterocycles. The fourth-order valence-electron chi connectivity index (χ4n) is 2.91. The third-order valence-electron chi connectivity index (χ3n) is 4.66. The summed E-state index contributed by atoms with van der Waals surface area (Å²) in [6.45, 7) is 0.110. The molecule has 8 heteroatoms. The SMILES string of the molecule is [2H]c1c([2H])c([2H])c(C(CCN(C)c2ccc(C(F)(F)F)cc2)Oc2ccc(C(F)(F)F)cc2)c([2H])c1[2H]. The van der Waals surface area contributed by atoms with Gasteiger partial charge >= 0.3 is 12.4 Å². The van der Waals surface area contributed by atoms with Gasteiger partial charge in [-0.1, -0.05) is 30.2 Å². The van der Waals surface area contributed by atoms with E-state index in [2.05, 4.69) is 0 Å². The quantitative estimate of drug-likeness (QED) is 0.343. The predicted molar refractivity (Wildman–Crippen MR) is 111 cm³/mol. The molecule has 2 nitrogen and oxygen atoms in total. The molecule has 3 rings (SSSR count). The van der Waals surface area contributed by atoms with Crippen LogP contribution in [0.15, 0.2) is 78.7 Å². The lowest BCUT2D eigenvalue weighted by Gasteiger charge is -2.25. The van der Waals surface area contributed by atoms with Gasteiger partial charge in [-0.05, 0) is 54.1 Å². The Bertz CT molecular complexity index is 1220. The lowest BCUT2D eigenvalue weighted by atomic mass is 10.1. The minimum absolute atomic E-state index is 0.00741. The zero-order valence-corrected chi connectivity index (χ0v) is 16.7. The second kappa shape index (κ2) is 9.54. The second-order valence-electron chi connectivity index (χ2n) is 6.92. The first-order valence-electron chi connectivity index (χ1n) is 11.9. The van der Waals surface area contributed by atoms with Gasteiger partial charge in [0.25, 0.3) is 0 Å². The number of nitrogens with zero attached hydrogens (tertiary/aromatic N) is 1. The summed E-state index contributed by atoms with van der Waals surface area (Å²) in [6, 6.07) is 5.18. The summed E-state index contributed by atoms with van der Waals surface area (Å²) < 4.78 is 123. The van der Waals surface area contributed by atoms with Gasteiger partial charge in [-0.15, -0.1) is 0 Å². The minimum atomic E-state index is -4.57. The highest BCUT2D eigenvalue weighted by Crippen LogP contribution is 2.33. The van der Waals surface area contributed by atoms with Gasteiger partial charge < -0.3 is 9.64 Å². The molecule has 0 aliphatic carbocycles. The van der Waals surface area contributed by atoms with E-state index in [0.717, 1.165) is 36.4 Å². The third kappa shape index (κ3) is 6.18. The largest absolute Gasteiger partial charge is 0.486 e. The normalized spacial score (nSPS) is 15.2. The van der Waals surface area contributed by atoms with E-state index in [-0.39, 0.29) is 24.3 Å². The fraction of sp³-hybridized carbons (Fsp3) is 0.250. The molecule has 3 aromatic carbocycles. The number of hydrogen-bond acceptors (Lipinski definition) is 2. The van der Waals surface area contributed by atoms with Crippen LogP contribution >= 0.6 is 0 Å². The number of anilines is 1. The number of benzene rings is 3. The van der Waals surface area contributed by atoms with Crippen LogP contribution < -0.4 is 9.64 Å². The number of halogens is 6. The zero-order valence-electron chi connectivity index (χ0n) is 21.7. The molecule has 1 unspecified atom stereocenters. The maximum Gasteiger partial charge on any atom is 0.416 e. The van der Waals surface area contributed by atoms with Crippen molar-refractivity contribution >= 4 is 5.69 Å². The molecule has 0 N–H and O–H groups in total. The molecule has 0 aliphatic heterocycles. The van der Waals surface area contributed by atoms with Crippen LogP contribution in [0.5, 0.6) is 5.75 Å². The van der Waals surface area contributed by atoms with Crippen LogP contribution in [0.25, 0.3) is 0 Å². The Morgan fingerprint density at radius 1 is 0.812 bits per heavy atom. The molecule has 0 aromatic heterocycles. The fourth-order valence-corrected chi connectivity index (χ4v) is 2.91. The topological polar surface area (TPSA) is 12.5 Å². The van der Waals surface area contributed by atoms with Crippen molar-refractivity contribution in [2.45, 2.75) is 24.9 Å². The predicted octanol–water partition coefficient (Wildman–Crippen LogP) is 7.37. The van der Waals surface area contributed by atoms with Gasteiger partial charge in [-0.25, -0.2) is 0 Å². The van der Waals surface area contributed by atoms with Crippen molar-refractivity contribution < 1.29 is 37.9 Å². The van der Waals surface area contributed by atoms with Crippen LogP contribution in [0, 0.1) is 0 Å². The average Bonchev–Trinajstić information content (AvgIpc) is 2.84. The smallest absolute Gasteiger partial charge is 0.416 e. The second-order valence-corrected chi connectivity index (χ2v) is 6.92. The average molecular weight is 458 g/mol. The molecule has 0 aliphatic rings. The zero-order chi connectivity index (χ0) is 27.7. The van der Waals surface area contributed by atoms with Crippen LogP contribution in [0.2, 0.25) is 0 Å². The van der Waals surface area contributed by atoms with Crippen LogP contribution in [0.3, 0.4) is 0 Å². The molecule has 0 heterocycles. The first-order chi connectivity index (χ1) is 17.1. The van der Waals surface area contributed by atoms with Gasteiger partial charge in [0.05, 0.1) is 18.0 Å². The van der Waals surface area contributed by atoms with Crippen molar-refractivity contribution in [3.05, 3.63) is 95.4 Å². The Morgan fingerprint density at radius 3 is 1.81 bits per heavy atom. The highest BCUT2D eigenvalue weighted by Gasteiger charge is 2.31. The van der Waals surface area contributed by atoms with Gasteiger partial charge in [0.2, 0.25) is 0 Å². The van der Waals surface area contributed by atoms with Gasteiger partial charge in [-0.2, -0.15) is 26.3 Å². The number of alkyl halides is 6. The van der Waals surface area contributed by atoms with Crippen LogP contribution in [-0.4, -0.2) is 13.6 Å². The van der Waals surface area contributed by atoms with Crippen molar-refractivity contribution in [1.82, 2.24) is 0 Å². The molecule has 3 aromatic rings. The molecule has 0 spiro atoms. The van der Waals surface area contributed by atoms with Crippen molar-refractivity contribution in [3.63, 3.8) is 0 Å². The van der Waals surface area contributed by atoms with E-state index < -0.39 is 59.8 Å². The molecule has 1 atom stereocenters. The maximum atomic E-state index is 12.9. The first kappa shape index (κ1) is 17.4. The van der Waals surface area contributed by atoms with Crippen molar-refractivity contribution in [1.29, 1.82) is 0 Å². The number of ether oxygens (including phenoxy) is 1. The first-order valence-corrected chi connectivity index (χ1v) is 9.40. The summed E-state index contributed by atoms with van der Waals surface area (Å²) >= 11 is 0. The van der Waals surface area contributed by atoms with E-state index in [4.69, 9.17) is 11.6 Å². The van der Waals surface area contributed by atoms with Gasteiger partial charge in [0.15, 0.2) is 0 Å². The van der Waals surface area contributed by atoms with E-state index >= 15 is 0 Å². The van der Waals surface area contributed by atoms with Crippen molar-refractivity contribution in [2.24, 2.45) is 0 Å². The number of rotatable bonds is 7. The van der Waals surface area contributed by atoms with Crippen molar-refractivity contribution in [2.75, 3.05) is 18.5 Å². The van der Waals surface area contributed by atoms with Gasteiger partial charge in [0.1, 0.15) is 11.9 Å². The third-order valence-corrected chi connectivity index (χ3v) is 4.66. The highest BCUT2D eigenvalue weighted by atomic mass is 19.4. The Labute approximate surface area is 189 Å². The molecule has 0 radical (unpaired) electrons. The van der Waals surface area contributed by atoms with E-state index in [1.54, 1.807) is 11.9 Å². The van der Waals surface area contributed by atoms with Gasteiger partial charge in [0, 0.05) is 25.7 Å². The Hall–Kier alpha value is -3.16. The lowest BCUT2D eigenvalue weighted by Crippen LogP contribution is -2.22. The molecule has 0 amide bonds. The molecular formula is C24H21F6NO. The molecule has 0 fully saturated rings. The molecule has 0 saturated carbocycles. The van der Waals surface area contributed by atoms with Crippen LogP contribution in [-0.2, 0) is 12.4 Å². The minimum Gasteiger partial charge on any atom is -0.486 e. The monoisotopic (exact) mass is 458 g/mol. The summed E-state index contributed by atoms with van der Waals surface area (Å²) in [5.41, 5.74) is -1.51. The van der Waals surface area contributed by atoms with Crippen LogP contribution in [0.4, 0.5) is 32.0 Å². The summed E-state index contributed by atoms with van der Waals surface area (Å²) in [6.07, 6.45) is -10.3. The molecular weight excluding hydrogens is 432 g/mol. The van der Waals surface area contributed by atoms with E-state index in [0.29, 0.717) is 5.69 Å². The van der Waals surface area contributed by atoms with Crippen LogP contribution in [0.1, 0.15) is 36.1 Å². The standard InChI is InChI=1S/C24H21F6NO/c1-31(20-11-7-18(8-12-20)23(25,26)27)16-15-22(17-5-3-2-4-6-17)32-21-13-9-19(10-14-21)24(28,29)30/h2-14,22H,15-16H2,1H3/i2D,3D,4D,5D,6D. The Balaban J connectivity index is 1.92. The summed E-state index contributed by atoms with van der Waals surface area (Å²) in [5, 5.41) is 0. The van der Waals surface area contributed by atoms with Gasteiger partial charge in [-0.3, -0.25) is 0 Å². The van der Waals surface area contributed by atoms with Crippen molar-refractivity contribution in [3.8, 4) is 5.75 Å². The molecule has 0 bridgehead atoms. The Kier molecular flexibility index (Phi) is 5.19. The summed E-state index contributed by atoms with van der Waals surface area (Å²) in [4.78, 5) is 1.58. The highest BCUT2D eigenvalue weighted by molar-refractivity contribution is 5.47. The lowest BCUT2D eigenvalue weighted by molar-refractivity contribution is -0.138. The van der Waals surface area contributed by atoms with E-state index in [1.807, 2.05) is 0 Å². The maximum absolute atomic E-state index is 12.9. The van der Waals surface area contributed by atoms with E-state index in [9.17, 15) is 26.3 Å².